The smallest absolute Gasteiger partial charge is 0.298 e. The van der Waals surface area contributed by atoms with Crippen LogP contribution in [0.15, 0.2) is 81.1 Å². The molecule has 0 spiro atoms. The summed E-state index contributed by atoms with van der Waals surface area (Å²) in [5.74, 6) is 1.49. The SMILES string of the molecule is O=c1c2oc3ccccc3c2nc(SCc2cccc(F)c2)n1Cc1ccc2c(c1)OCO2. The first-order chi connectivity index (χ1) is 16.2. The summed E-state index contributed by atoms with van der Waals surface area (Å²) in [6.07, 6.45) is 0. The van der Waals surface area contributed by atoms with E-state index in [1.807, 2.05) is 48.5 Å². The third-order valence-electron chi connectivity index (χ3n) is 5.48. The highest BCUT2D eigenvalue weighted by Crippen LogP contribution is 2.33. The van der Waals surface area contributed by atoms with Gasteiger partial charge in [0, 0.05) is 11.1 Å². The predicted molar refractivity (Wildman–Crippen MR) is 123 cm³/mol. The van der Waals surface area contributed by atoms with Crippen LogP contribution in [0.25, 0.3) is 22.1 Å². The molecule has 2 aromatic heterocycles. The summed E-state index contributed by atoms with van der Waals surface area (Å²) in [5, 5.41) is 1.31. The molecule has 0 saturated carbocycles. The van der Waals surface area contributed by atoms with E-state index in [1.165, 1.54) is 23.9 Å². The molecule has 5 aromatic rings. The zero-order chi connectivity index (χ0) is 22.4. The molecule has 6 rings (SSSR count). The Morgan fingerprint density at radius 2 is 1.85 bits per heavy atom. The van der Waals surface area contributed by atoms with Gasteiger partial charge in [-0.05, 0) is 47.5 Å². The van der Waals surface area contributed by atoms with Crippen molar-refractivity contribution in [3.05, 3.63) is 94.0 Å². The second-order valence-corrected chi connectivity index (χ2v) is 8.61. The summed E-state index contributed by atoms with van der Waals surface area (Å²) in [7, 11) is 0. The lowest BCUT2D eigenvalue weighted by Crippen LogP contribution is -2.23. The Bertz CT molecular complexity index is 1580. The van der Waals surface area contributed by atoms with Gasteiger partial charge in [-0.3, -0.25) is 9.36 Å². The zero-order valence-corrected chi connectivity index (χ0v) is 18.1. The van der Waals surface area contributed by atoms with E-state index in [1.54, 1.807) is 10.6 Å². The van der Waals surface area contributed by atoms with Gasteiger partial charge < -0.3 is 13.9 Å². The Kier molecular flexibility index (Phi) is 4.80. The minimum absolute atomic E-state index is 0.181. The highest BCUT2D eigenvalue weighted by molar-refractivity contribution is 7.98. The molecule has 0 fully saturated rings. The summed E-state index contributed by atoms with van der Waals surface area (Å²) in [6, 6.07) is 19.4. The standard InChI is InChI=1S/C25H17FN2O4S/c26-17-5-3-4-16(10-17)13-33-25-27-22-18-6-1-2-7-19(18)32-23(22)24(29)28(25)12-15-8-9-20-21(11-15)31-14-30-20/h1-11H,12-14H2. The van der Waals surface area contributed by atoms with Crippen LogP contribution in [0.5, 0.6) is 11.5 Å². The molecular formula is C25H17FN2O4S. The lowest BCUT2D eigenvalue weighted by molar-refractivity contribution is 0.174. The number of nitrogens with zero attached hydrogens (tertiary/aromatic N) is 2. The van der Waals surface area contributed by atoms with Crippen LogP contribution in [0.2, 0.25) is 0 Å². The molecule has 0 aliphatic carbocycles. The molecule has 3 aromatic carbocycles. The summed E-state index contributed by atoms with van der Waals surface area (Å²) in [5.41, 5.74) is 2.76. The largest absolute Gasteiger partial charge is 0.454 e. The van der Waals surface area contributed by atoms with Gasteiger partial charge in [0.25, 0.3) is 5.56 Å². The second kappa shape index (κ2) is 7.97. The van der Waals surface area contributed by atoms with E-state index >= 15 is 0 Å². The number of hydrogen-bond acceptors (Lipinski definition) is 6. The number of halogens is 1. The Labute approximate surface area is 191 Å². The molecule has 0 saturated heterocycles. The van der Waals surface area contributed by atoms with Gasteiger partial charge in [0.1, 0.15) is 16.9 Å². The third-order valence-corrected chi connectivity index (χ3v) is 6.53. The van der Waals surface area contributed by atoms with Gasteiger partial charge in [0.15, 0.2) is 16.7 Å². The second-order valence-electron chi connectivity index (χ2n) is 7.67. The Morgan fingerprint density at radius 1 is 0.970 bits per heavy atom. The molecule has 164 valence electrons. The highest BCUT2D eigenvalue weighted by Gasteiger charge is 2.19. The fraction of sp³-hybridized carbons (Fsp3) is 0.120. The predicted octanol–water partition coefficient (Wildman–Crippen LogP) is 5.35. The minimum Gasteiger partial charge on any atom is -0.454 e. The maximum Gasteiger partial charge on any atom is 0.298 e. The van der Waals surface area contributed by atoms with Gasteiger partial charge in [-0.25, -0.2) is 9.37 Å². The van der Waals surface area contributed by atoms with E-state index in [4.69, 9.17) is 18.9 Å². The van der Waals surface area contributed by atoms with Crippen LogP contribution in [0.4, 0.5) is 4.39 Å². The molecule has 0 N–H and O–H groups in total. The van der Waals surface area contributed by atoms with Crippen LogP contribution in [0.1, 0.15) is 11.1 Å². The molecule has 0 bridgehead atoms. The quantitative estimate of drug-likeness (QED) is 0.260. The molecule has 3 heterocycles. The zero-order valence-electron chi connectivity index (χ0n) is 17.3. The van der Waals surface area contributed by atoms with E-state index in [2.05, 4.69) is 0 Å². The van der Waals surface area contributed by atoms with Crippen LogP contribution >= 0.6 is 11.8 Å². The molecule has 1 aliphatic heterocycles. The van der Waals surface area contributed by atoms with Crippen molar-refractivity contribution in [1.29, 1.82) is 0 Å². The van der Waals surface area contributed by atoms with E-state index < -0.39 is 0 Å². The number of para-hydroxylation sites is 1. The lowest BCUT2D eigenvalue weighted by Gasteiger charge is -2.12. The first kappa shape index (κ1) is 19.9. The number of aromatic nitrogens is 2. The molecule has 33 heavy (non-hydrogen) atoms. The fourth-order valence-corrected chi connectivity index (χ4v) is 4.83. The van der Waals surface area contributed by atoms with Crippen molar-refractivity contribution < 1.29 is 18.3 Å². The molecule has 0 radical (unpaired) electrons. The van der Waals surface area contributed by atoms with Gasteiger partial charge in [-0.2, -0.15) is 0 Å². The first-order valence-electron chi connectivity index (χ1n) is 10.3. The molecule has 0 amide bonds. The monoisotopic (exact) mass is 460 g/mol. The summed E-state index contributed by atoms with van der Waals surface area (Å²) in [6.45, 7) is 0.459. The maximum absolute atomic E-state index is 13.7. The summed E-state index contributed by atoms with van der Waals surface area (Å²) >= 11 is 1.38. The number of furan rings is 1. The van der Waals surface area contributed by atoms with E-state index in [-0.39, 0.29) is 30.3 Å². The van der Waals surface area contributed by atoms with Crippen LogP contribution in [0.3, 0.4) is 0 Å². The van der Waals surface area contributed by atoms with Crippen LogP contribution in [-0.2, 0) is 12.3 Å². The van der Waals surface area contributed by atoms with Crippen molar-refractivity contribution in [3.63, 3.8) is 0 Å². The van der Waals surface area contributed by atoms with Crippen LogP contribution < -0.4 is 15.0 Å². The van der Waals surface area contributed by atoms with E-state index in [0.29, 0.717) is 33.5 Å². The third kappa shape index (κ3) is 3.62. The summed E-state index contributed by atoms with van der Waals surface area (Å²) in [4.78, 5) is 18.3. The minimum atomic E-state index is -0.296. The van der Waals surface area contributed by atoms with Crippen LogP contribution in [-0.4, -0.2) is 16.3 Å². The average Bonchev–Trinajstić information content (AvgIpc) is 3.44. The number of ether oxygens (including phenoxy) is 2. The van der Waals surface area contributed by atoms with Crippen molar-refractivity contribution in [2.24, 2.45) is 0 Å². The number of benzene rings is 3. The number of thioether (sulfide) groups is 1. The van der Waals surface area contributed by atoms with Crippen molar-refractivity contribution >= 4 is 33.8 Å². The maximum atomic E-state index is 13.7. The van der Waals surface area contributed by atoms with Gasteiger partial charge in [0.2, 0.25) is 12.4 Å². The molecule has 1 aliphatic rings. The van der Waals surface area contributed by atoms with Crippen LogP contribution in [0, 0.1) is 5.82 Å². The van der Waals surface area contributed by atoms with Crippen molar-refractivity contribution in [3.8, 4) is 11.5 Å². The van der Waals surface area contributed by atoms with Gasteiger partial charge in [-0.15, -0.1) is 0 Å². The average molecular weight is 460 g/mol. The summed E-state index contributed by atoms with van der Waals surface area (Å²) < 4.78 is 32.0. The molecule has 0 unspecified atom stereocenters. The molecule has 0 atom stereocenters. The Balaban J connectivity index is 1.46. The lowest BCUT2D eigenvalue weighted by atomic mass is 10.2. The Hall–Kier alpha value is -3.78. The van der Waals surface area contributed by atoms with Gasteiger partial charge in [-0.1, -0.05) is 42.1 Å². The molecular weight excluding hydrogens is 443 g/mol. The molecule has 8 heteroatoms. The fourth-order valence-electron chi connectivity index (χ4n) is 3.90. The first-order valence-corrected chi connectivity index (χ1v) is 11.3. The highest BCUT2D eigenvalue weighted by atomic mass is 32.2. The van der Waals surface area contributed by atoms with Gasteiger partial charge >= 0.3 is 0 Å². The van der Waals surface area contributed by atoms with E-state index in [0.717, 1.165) is 16.5 Å². The van der Waals surface area contributed by atoms with Crippen molar-refractivity contribution in [1.82, 2.24) is 9.55 Å². The van der Waals surface area contributed by atoms with Crippen molar-refractivity contribution in [2.75, 3.05) is 6.79 Å². The Morgan fingerprint density at radius 3 is 2.76 bits per heavy atom. The van der Waals surface area contributed by atoms with Gasteiger partial charge in [0.05, 0.1) is 6.54 Å². The number of fused-ring (bicyclic) bond motifs is 4. The van der Waals surface area contributed by atoms with E-state index in [9.17, 15) is 9.18 Å². The number of rotatable bonds is 5. The number of hydrogen-bond donors (Lipinski definition) is 0. The normalized spacial score (nSPS) is 12.6. The molecule has 6 nitrogen and oxygen atoms in total. The topological polar surface area (TPSA) is 66.5 Å². The van der Waals surface area contributed by atoms with Crippen molar-refractivity contribution in [2.45, 2.75) is 17.5 Å².